The summed E-state index contributed by atoms with van der Waals surface area (Å²) in [5, 5.41) is 9.90. The lowest BCUT2D eigenvalue weighted by Gasteiger charge is -2.18. The number of benzene rings is 1. The maximum atomic E-state index is 9.90. The summed E-state index contributed by atoms with van der Waals surface area (Å²) in [6, 6.07) is 10.5. The Morgan fingerprint density at radius 2 is 1.94 bits per heavy atom. The summed E-state index contributed by atoms with van der Waals surface area (Å²) in [7, 11) is 0. The minimum atomic E-state index is -0.293. The van der Waals surface area contributed by atoms with Crippen molar-refractivity contribution in [2.75, 3.05) is 0 Å². The first kappa shape index (κ1) is 13.0. The average molecular weight is 218 g/mol. The molecule has 0 bridgehead atoms. The van der Waals surface area contributed by atoms with Gasteiger partial charge < -0.3 is 5.11 Å². The van der Waals surface area contributed by atoms with Gasteiger partial charge in [0.15, 0.2) is 0 Å². The lowest BCUT2D eigenvalue weighted by molar-refractivity contribution is 0.143. The van der Waals surface area contributed by atoms with Crippen LogP contribution < -0.4 is 0 Å². The Balaban J connectivity index is 2.46. The molecule has 0 aliphatic heterocycles. The SMILES string of the molecule is C/C=C/[C@@H](O)C(CC)CCc1ccccc1. The minimum absolute atomic E-state index is 0.293. The fourth-order valence-corrected chi connectivity index (χ4v) is 1.97. The van der Waals surface area contributed by atoms with E-state index in [1.807, 2.05) is 25.1 Å². The number of aryl methyl sites for hydroxylation is 1. The van der Waals surface area contributed by atoms with Crippen LogP contribution >= 0.6 is 0 Å². The summed E-state index contributed by atoms with van der Waals surface area (Å²) >= 11 is 0. The van der Waals surface area contributed by atoms with E-state index in [0.717, 1.165) is 19.3 Å². The van der Waals surface area contributed by atoms with Crippen molar-refractivity contribution in [3.8, 4) is 0 Å². The lowest BCUT2D eigenvalue weighted by atomic mass is 9.92. The summed E-state index contributed by atoms with van der Waals surface area (Å²) in [4.78, 5) is 0. The van der Waals surface area contributed by atoms with E-state index in [9.17, 15) is 5.11 Å². The highest BCUT2D eigenvalue weighted by Gasteiger charge is 2.13. The predicted molar refractivity (Wildman–Crippen MR) is 69.4 cm³/mol. The van der Waals surface area contributed by atoms with Gasteiger partial charge in [-0.15, -0.1) is 0 Å². The summed E-state index contributed by atoms with van der Waals surface area (Å²) in [5.41, 5.74) is 1.36. The molecule has 0 aromatic heterocycles. The van der Waals surface area contributed by atoms with Crippen LogP contribution in [-0.4, -0.2) is 11.2 Å². The number of rotatable bonds is 6. The lowest BCUT2D eigenvalue weighted by Crippen LogP contribution is -2.18. The molecule has 1 N–H and O–H groups in total. The Kier molecular flexibility index (Phi) is 5.87. The van der Waals surface area contributed by atoms with Gasteiger partial charge in [-0.1, -0.05) is 55.8 Å². The number of allylic oxidation sites excluding steroid dienone is 1. The van der Waals surface area contributed by atoms with Crippen molar-refractivity contribution in [3.05, 3.63) is 48.0 Å². The smallest absolute Gasteiger partial charge is 0.0748 e. The number of hydrogen-bond acceptors (Lipinski definition) is 1. The molecule has 1 nitrogen and oxygen atoms in total. The van der Waals surface area contributed by atoms with Gasteiger partial charge in [0, 0.05) is 0 Å². The zero-order chi connectivity index (χ0) is 11.8. The van der Waals surface area contributed by atoms with E-state index in [1.165, 1.54) is 5.56 Å². The van der Waals surface area contributed by atoms with Crippen LogP contribution in [-0.2, 0) is 6.42 Å². The van der Waals surface area contributed by atoms with Gasteiger partial charge in [-0.25, -0.2) is 0 Å². The summed E-state index contributed by atoms with van der Waals surface area (Å²) < 4.78 is 0. The Morgan fingerprint density at radius 1 is 1.25 bits per heavy atom. The first-order valence-corrected chi connectivity index (χ1v) is 6.12. The molecule has 0 aliphatic carbocycles. The third-order valence-electron chi connectivity index (χ3n) is 3.04. The summed E-state index contributed by atoms with van der Waals surface area (Å²) in [5.74, 6) is 0.372. The first-order chi connectivity index (χ1) is 7.77. The highest BCUT2D eigenvalue weighted by atomic mass is 16.3. The van der Waals surface area contributed by atoms with Crippen LogP contribution in [0.25, 0.3) is 0 Å². The third kappa shape index (κ3) is 4.19. The number of aliphatic hydroxyl groups is 1. The topological polar surface area (TPSA) is 20.2 Å². The van der Waals surface area contributed by atoms with Gasteiger partial charge in [0.25, 0.3) is 0 Å². The highest BCUT2D eigenvalue weighted by Crippen LogP contribution is 2.17. The Labute approximate surface area is 98.8 Å². The molecule has 1 heteroatoms. The summed E-state index contributed by atoms with van der Waals surface area (Å²) in [6.45, 7) is 4.09. The minimum Gasteiger partial charge on any atom is -0.389 e. The molecular weight excluding hydrogens is 196 g/mol. The van der Waals surface area contributed by atoms with Crippen LogP contribution in [0.15, 0.2) is 42.5 Å². The molecule has 0 amide bonds. The molecule has 2 atom stereocenters. The first-order valence-electron chi connectivity index (χ1n) is 6.12. The largest absolute Gasteiger partial charge is 0.389 e. The van der Waals surface area contributed by atoms with Gasteiger partial charge in [-0.2, -0.15) is 0 Å². The zero-order valence-corrected chi connectivity index (χ0v) is 10.3. The third-order valence-corrected chi connectivity index (χ3v) is 3.04. The Morgan fingerprint density at radius 3 is 2.50 bits per heavy atom. The molecule has 1 aromatic rings. The van der Waals surface area contributed by atoms with Crippen molar-refractivity contribution in [2.24, 2.45) is 5.92 Å². The molecule has 1 aromatic carbocycles. The molecule has 0 heterocycles. The fourth-order valence-electron chi connectivity index (χ4n) is 1.97. The van der Waals surface area contributed by atoms with E-state index in [-0.39, 0.29) is 6.10 Å². The van der Waals surface area contributed by atoms with Crippen molar-refractivity contribution >= 4 is 0 Å². The van der Waals surface area contributed by atoms with Gasteiger partial charge in [0.2, 0.25) is 0 Å². The van der Waals surface area contributed by atoms with Crippen LogP contribution in [0, 0.1) is 5.92 Å². The molecule has 88 valence electrons. The van der Waals surface area contributed by atoms with Gasteiger partial charge in [0.05, 0.1) is 6.10 Å². The molecule has 0 spiro atoms. The quantitative estimate of drug-likeness (QED) is 0.724. The van der Waals surface area contributed by atoms with Crippen molar-refractivity contribution in [3.63, 3.8) is 0 Å². The van der Waals surface area contributed by atoms with Crippen molar-refractivity contribution < 1.29 is 5.11 Å². The normalized spacial score (nSPS) is 15.2. The molecule has 0 saturated carbocycles. The van der Waals surface area contributed by atoms with E-state index in [1.54, 1.807) is 0 Å². The molecule has 0 fully saturated rings. The predicted octanol–water partition coefficient (Wildman–Crippen LogP) is 3.58. The second-order valence-corrected chi connectivity index (χ2v) is 4.21. The molecule has 0 aliphatic rings. The molecule has 1 unspecified atom stereocenters. The Hall–Kier alpha value is -1.08. The zero-order valence-electron chi connectivity index (χ0n) is 10.3. The van der Waals surface area contributed by atoms with Crippen LogP contribution in [0.3, 0.4) is 0 Å². The van der Waals surface area contributed by atoms with Gasteiger partial charge in [-0.05, 0) is 31.2 Å². The number of hydrogen-bond donors (Lipinski definition) is 1. The second kappa shape index (κ2) is 7.24. The van der Waals surface area contributed by atoms with E-state index in [0.29, 0.717) is 5.92 Å². The van der Waals surface area contributed by atoms with Gasteiger partial charge >= 0.3 is 0 Å². The van der Waals surface area contributed by atoms with Gasteiger partial charge in [0.1, 0.15) is 0 Å². The summed E-state index contributed by atoms with van der Waals surface area (Å²) in [6.07, 6.45) is 6.64. The highest BCUT2D eigenvalue weighted by molar-refractivity contribution is 5.14. The Bertz CT molecular complexity index is 302. The van der Waals surface area contributed by atoms with Crippen LogP contribution in [0.1, 0.15) is 32.3 Å². The van der Waals surface area contributed by atoms with Crippen molar-refractivity contribution in [1.82, 2.24) is 0 Å². The molecular formula is C15H22O. The van der Waals surface area contributed by atoms with Crippen LogP contribution in [0.2, 0.25) is 0 Å². The maximum Gasteiger partial charge on any atom is 0.0748 e. The molecule has 1 rings (SSSR count). The second-order valence-electron chi connectivity index (χ2n) is 4.21. The molecule has 16 heavy (non-hydrogen) atoms. The fraction of sp³-hybridized carbons (Fsp3) is 0.467. The van der Waals surface area contributed by atoms with Crippen molar-refractivity contribution in [2.45, 2.75) is 39.2 Å². The molecule has 0 radical (unpaired) electrons. The van der Waals surface area contributed by atoms with Crippen molar-refractivity contribution in [1.29, 1.82) is 0 Å². The van der Waals surface area contributed by atoms with E-state index in [2.05, 4.69) is 31.2 Å². The monoisotopic (exact) mass is 218 g/mol. The maximum absolute atomic E-state index is 9.90. The molecule has 0 saturated heterocycles. The average Bonchev–Trinajstić information content (AvgIpc) is 2.31. The van der Waals surface area contributed by atoms with E-state index < -0.39 is 0 Å². The number of aliphatic hydroxyl groups excluding tert-OH is 1. The van der Waals surface area contributed by atoms with Crippen LogP contribution in [0.5, 0.6) is 0 Å². The van der Waals surface area contributed by atoms with E-state index >= 15 is 0 Å². The van der Waals surface area contributed by atoms with Crippen LogP contribution in [0.4, 0.5) is 0 Å². The van der Waals surface area contributed by atoms with Gasteiger partial charge in [-0.3, -0.25) is 0 Å². The van der Waals surface area contributed by atoms with E-state index in [4.69, 9.17) is 0 Å². The standard InChI is InChI=1S/C15H22O/c1-3-8-15(16)14(4-2)12-11-13-9-6-5-7-10-13/h3,5-10,14-16H,4,11-12H2,1-2H3/b8-3+/t14?,15-/m1/s1.